The minimum atomic E-state index is 0.935. The molecule has 1 fully saturated rings. The summed E-state index contributed by atoms with van der Waals surface area (Å²) in [4.78, 5) is 3.88. The summed E-state index contributed by atoms with van der Waals surface area (Å²) >= 11 is 0. The lowest BCUT2D eigenvalue weighted by Crippen LogP contribution is -2.12. The maximum absolute atomic E-state index is 3.88. The lowest BCUT2D eigenvalue weighted by molar-refractivity contribution is 0.279. The monoisotopic (exact) mass is 279 g/mol. The van der Waals surface area contributed by atoms with Gasteiger partial charge in [0.15, 0.2) is 0 Å². The first kappa shape index (κ1) is 21.4. The highest BCUT2D eigenvalue weighted by Gasteiger charge is 2.15. The molecule has 0 aliphatic heterocycles. The standard InChI is InChI=1S/C9H18.C6H7N.2C2H6/c1-8(2)9-6-4-3-5-7-9;1-6-3-2-4-7-5-6;2*1-2/h8-9H,3-7H2,1-2H3;2-5H,1H3;2*1-2H3. The number of aryl methyl sites for hydroxylation is 1. The summed E-state index contributed by atoms with van der Waals surface area (Å²) in [5.74, 6) is 1.99. The fourth-order valence-corrected chi connectivity index (χ4v) is 2.25. The third kappa shape index (κ3) is 12.2. The Morgan fingerprint density at radius 3 is 1.80 bits per heavy atom. The minimum absolute atomic E-state index is 0.935. The predicted molar refractivity (Wildman–Crippen MR) is 93.1 cm³/mol. The van der Waals surface area contributed by atoms with E-state index in [1.807, 2.05) is 52.9 Å². The van der Waals surface area contributed by atoms with Gasteiger partial charge in [0, 0.05) is 12.4 Å². The van der Waals surface area contributed by atoms with Crippen LogP contribution in [0.3, 0.4) is 0 Å². The van der Waals surface area contributed by atoms with Crippen LogP contribution in [0.1, 0.15) is 79.2 Å². The maximum Gasteiger partial charge on any atom is 0.0297 e. The molecule has 0 bridgehead atoms. The van der Waals surface area contributed by atoms with Crippen LogP contribution in [0.5, 0.6) is 0 Å². The molecule has 118 valence electrons. The van der Waals surface area contributed by atoms with Crippen LogP contribution in [0.15, 0.2) is 24.5 Å². The number of hydrogen-bond donors (Lipinski definition) is 0. The fourth-order valence-electron chi connectivity index (χ4n) is 2.25. The van der Waals surface area contributed by atoms with Crippen molar-refractivity contribution in [3.8, 4) is 0 Å². The van der Waals surface area contributed by atoms with Gasteiger partial charge < -0.3 is 0 Å². The molecule has 1 aromatic heterocycles. The lowest BCUT2D eigenvalue weighted by atomic mass is 9.82. The molecule has 0 aromatic carbocycles. The Morgan fingerprint density at radius 1 is 1.00 bits per heavy atom. The van der Waals surface area contributed by atoms with Gasteiger partial charge in [-0.25, -0.2) is 0 Å². The van der Waals surface area contributed by atoms with Crippen molar-refractivity contribution in [1.29, 1.82) is 0 Å². The van der Waals surface area contributed by atoms with Crippen molar-refractivity contribution >= 4 is 0 Å². The van der Waals surface area contributed by atoms with E-state index < -0.39 is 0 Å². The number of rotatable bonds is 1. The molecule has 1 heterocycles. The van der Waals surface area contributed by atoms with Gasteiger partial charge in [-0.05, 0) is 30.4 Å². The Kier molecular flexibility index (Phi) is 17.4. The van der Waals surface area contributed by atoms with Crippen LogP contribution in [-0.2, 0) is 0 Å². The average molecular weight is 280 g/mol. The molecule has 0 amide bonds. The molecular formula is C19H37N. The SMILES string of the molecule is CC.CC.CC(C)C1CCCCC1.Cc1cccnc1. The van der Waals surface area contributed by atoms with Crippen LogP contribution in [0.2, 0.25) is 0 Å². The Labute approximate surface area is 128 Å². The van der Waals surface area contributed by atoms with Gasteiger partial charge in [0.25, 0.3) is 0 Å². The summed E-state index contributed by atoms with van der Waals surface area (Å²) in [6, 6.07) is 3.95. The summed E-state index contributed by atoms with van der Waals surface area (Å²) in [7, 11) is 0. The fraction of sp³-hybridized carbons (Fsp3) is 0.737. The Hall–Kier alpha value is -0.850. The second-order valence-electron chi connectivity index (χ2n) is 5.17. The largest absolute Gasteiger partial charge is 0.264 e. The molecule has 1 aliphatic rings. The predicted octanol–water partition coefficient (Wildman–Crippen LogP) is 6.67. The molecule has 2 rings (SSSR count). The van der Waals surface area contributed by atoms with Crippen LogP contribution in [0.4, 0.5) is 0 Å². The van der Waals surface area contributed by atoms with Gasteiger partial charge in [0.1, 0.15) is 0 Å². The van der Waals surface area contributed by atoms with Crippen molar-refractivity contribution in [3.05, 3.63) is 30.1 Å². The van der Waals surface area contributed by atoms with Crippen LogP contribution in [-0.4, -0.2) is 4.98 Å². The smallest absolute Gasteiger partial charge is 0.0297 e. The van der Waals surface area contributed by atoms with Crippen molar-refractivity contribution in [2.45, 2.75) is 80.6 Å². The van der Waals surface area contributed by atoms with Crippen LogP contribution < -0.4 is 0 Å². The van der Waals surface area contributed by atoms with Gasteiger partial charge in [-0.2, -0.15) is 0 Å². The van der Waals surface area contributed by atoms with Gasteiger partial charge in [-0.3, -0.25) is 4.98 Å². The molecule has 0 atom stereocenters. The summed E-state index contributed by atoms with van der Waals surface area (Å²) in [6.07, 6.45) is 11.1. The van der Waals surface area contributed by atoms with E-state index in [0.29, 0.717) is 0 Å². The van der Waals surface area contributed by atoms with Crippen molar-refractivity contribution in [1.82, 2.24) is 4.98 Å². The molecule has 0 saturated heterocycles. The van der Waals surface area contributed by atoms with Gasteiger partial charge in [0.05, 0.1) is 0 Å². The number of nitrogens with zero attached hydrogens (tertiary/aromatic N) is 1. The van der Waals surface area contributed by atoms with E-state index in [0.717, 1.165) is 11.8 Å². The van der Waals surface area contributed by atoms with Crippen LogP contribution >= 0.6 is 0 Å². The molecule has 1 heteroatoms. The second-order valence-corrected chi connectivity index (χ2v) is 5.17. The van der Waals surface area contributed by atoms with Crippen LogP contribution in [0, 0.1) is 18.8 Å². The Morgan fingerprint density at radius 2 is 1.55 bits per heavy atom. The van der Waals surface area contributed by atoms with Crippen molar-refractivity contribution in [3.63, 3.8) is 0 Å². The Balaban J connectivity index is 0. The van der Waals surface area contributed by atoms with E-state index in [9.17, 15) is 0 Å². The number of pyridine rings is 1. The van der Waals surface area contributed by atoms with Gasteiger partial charge in [-0.1, -0.05) is 79.7 Å². The van der Waals surface area contributed by atoms with Gasteiger partial charge in [0.2, 0.25) is 0 Å². The molecular weight excluding hydrogens is 242 g/mol. The topological polar surface area (TPSA) is 12.9 Å². The summed E-state index contributed by atoms with van der Waals surface area (Å²) in [5, 5.41) is 0. The molecule has 1 aromatic rings. The summed E-state index contributed by atoms with van der Waals surface area (Å²) < 4.78 is 0. The quantitative estimate of drug-likeness (QED) is 0.559. The van der Waals surface area contributed by atoms with E-state index in [1.165, 1.54) is 37.7 Å². The van der Waals surface area contributed by atoms with Crippen molar-refractivity contribution in [2.75, 3.05) is 0 Å². The van der Waals surface area contributed by atoms with Crippen molar-refractivity contribution < 1.29 is 0 Å². The van der Waals surface area contributed by atoms with E-state index in [1.54, 1.807) is 6.20 Å². The molecule has 0 unspecified atom stereocenters. The normalized spacial score (nSPS) is 14.0. The second kappa shape index (κ2) is 16.2. The average Bonchev–Trinajstić information content (AvgIpc) is 2.53. The maximum atomic E-state index is 3.88. The highest BCUT2D eigenvalue weighted by Crippen LogP contribution is 2.29. The van der Waals surface area contributed by atoms with E-state index in [4.69, 9.17) is 0 Å². The molecule has 1 aliphatic carbocycles. The lowest BCUT2D eigenvalue weighted by Gasteiger charge is -2.24. The zero-order valence-corrected chi connectivity index (χ0v) is 14.9. The first-order chi connectivity index (χ1) is 9.70. The Bertz CT molecular complexity index is 260. The summed E-state index contributed by atoms with van der Waals surface area (Å²) in [6.45, 7) is 14.7. The molecule has 1 saturated carbocycles. The first-order valence-corrected chi connectivity index (χ1v) is 8.56. The zero-order valence-electron chi connectivity index (χ0n) is 14.9. The van der Waals surface area contributed by atoms with E-state index >= 15 is 0 Å². The van der Waals surface area contributed by atoms with E-state index in [-0.39, 0.29) is 0 Å². The third-order valence-electron chi connectivity index (χ3n) is 3.40. The van der Waals surface area contributed by atoms with Crippen molar-refractivity contribution in [2.24, 2.45) is 11.8 Å². The number of aromatic nitrogens is 1. The van der Waals surface area contributed by atoms with Gasteiger partial charge in [-0.15, -0.1) is 0 Å². The van der Waals surface area contributed by atoms with E-state index in [2.05, 4.69) is 18.8 Å². The highest BCUT2D eigenvalue weighted by molar-refractivity contribution is 5.04. The molecule has 0 spiro atoms. The third-order valence-corrected chi connectivity index (χ3v) is 3.40. The molecule has 0 radical (unpaired) electrons. The summed E-state index contributed by atoms with van der Waals surface area (Å²) in [5.41, 5.74) is 1.21. The first-order valence-electron chi connectivity index (χ1n) is 8.56. The molecule has 0 N–H and O–H groups in total. The highest BCUT2D eigenvalue weighted by atomic mass is 14.6. The zero-order chi connectivity index (χ0) is 15.8. The minimum Gasteiger partial charge on any atom is -0.264 e. The molecule has 20 heavy (non-hydrogen) atoms. The number of hydrogen-bond acceptors (Lipinski definition) is 1. The van der Waals surface area contributed by atoms with Gasteiger partial charge >= 0.3 is 0 Å². The molecule has 1 nitrogen and oxygen atoms in total. The van der Waals surface area contributed by atoms with Crippen LogP contribution in [0.25, 0.3) is 0 Å².